The third-order valence-electron chi connectivity index (χ3n) is 5.34. The minimum absolute atomic E-state index is 0.174. The Morgan fingerprint density at radius 2 is 1.88 bits per heavy atom. The van der Waals surface area contributed by atoms with Crippen LogP contribution in [0.2, 0.25) is 0 Å². The molecule has 0 saturated heterocycles. The second-order valence-corrected chi connectivity index (χ2v) is 7.56. The van der Waals surface area contributed by atoms with Crippen LogP contribution in [0, 0.1) is 5.82 Å². The molecule has 0 unspecified atom stereocenters. The summed E-state index contributed by atoms with van der Waals surface area (Å²) < 4.78 is 25.9. The van der Waals surface area contributed by atoms with E-state index in [1.54, 1.807) is 30.3 Å². The Labute approximate surface area is 192 Å². The molecule has 0 fully saturated rings. The van der Waals surface area contributed by atoms with Crippen LogP contribution in [0.4, 0.5) is 4.39 Å². The average molecular weight is 458 g/mol. The number of nitrogens with one attached hydrogen (secondary N) is 1. The lowest BCUT2D eigenvalue weighted by Gasteiger charge is -2.08. The fourth-order valence-corrected chi connectivity index (χ4v) is 3.68. The monoisotopic (exact) mass is 458 g/mol. The molecule has 9 heteroatoms. The van der Waals surface area contributed by atoms with Crippen molar-refractivity contribution in [3.05, 3.63) is 98.9 Å². The lowest BCUT2D eigenvalue weighted by atomic mass is 10.1. The minimum atomic E-state index is -0.642. The highest BCUT2D eigenvalue weighted by Gasteiger charge is 2.15. The van der Waals surface area contributed by atoms with E-state index in [0.29, 0.717) is 29.3 Å². The molecule has 34 heavy (non-hydrogen) atoms. The normalized spacial score (nSPS) is 11.1. The van der Waals surface area contributed by atoms with Crippen molar-refractivity contribution in [2.75, 3.05) is 6.61 Å². The molecule has 0 radical (unpaired) electrons. The number of H-pyrrole nitrogens is 1. The summed E-state index contributed by atoms with van der Waals surface area (Å²) >= 11 is 0. The molecule has 0 aliphatic rings. The highest BCUT2D eigenvalue weighted by atomic mass is 19.1. The molecule has 0 bridgehead atoms. The van der Waals surface area contributed by atoms with Crippen LogP contribution in [0.3, 0.4) is 0 Å². The van der Waals surface area contributed by atoms with Crippen LogP contribution in [0.15, 0.2) is 80.8 Å². The second kappa shape index (κ2) is 8.78. The topological polar surface area (TPSA) is 103 Å². The van der Waals surface area contributed by atoms with E-state index in [1.165, 1.54) is 12.1 Å². The number of benzene rings is 3. The van der Waals surface area contributed by atoms with Crippen molar-refractivity contribution in [2.24, 2.45) is 0 Å². The van der Waals surface area contributed by atoms with Gasteiger partial charge in [0.15, 0.2) is 0 Å². The molecule has 8 nitrogen and oxygen atoms in total. The van der Waals surface area contributed by atoms with E-state index >= 15 is 0 Å². The lowest BCUT2D eigenvalue weighted by Crippen LogP contribution is -2.35. The second-order valence-electron chi connectivity index (χ2n) is 7.56. The predicted octanol–water partition coefficient (Wildman–Crippen LogP) is 3.99. The summed E-state index contributed by atoms with van der Waals surface area (Å²) in [6, 6.07) is 18.2. The molecule has 0 saturated carbocycles. The number of hydrogen-bond donors (Lipinski definition) is 1. The van der Waals surface area contributed by atoms with Crippen LogP contribution >= 0.6 is 0 Å². The summed E-state index contributed by atoms with van der Waals surface area (Å²) in [6.07, 6.45) is 0. The predicted molar refractivity (Wildman–Crippen MR) is 124 cm³/mol. The summed E-state index contributed by atoms with van der Waals surface area (Å²) in [6.45, 7) is 2.27. The van der Waals surface area contributed by atoms with Crippen LogP contribution in [0.5, 0.6) is 5.75 Å². The number of nitrogens with zero attached hydrogens (tertiary/aromatic N) is 3. The van der Waals surface area contributed by atoms with Gasteiger partial charge in [-0.3, -0.25) is 9.36 Å². The van der Waals surface area contributed by atoms with E-state index in [1.807, 2.05) is 31.2 Å². The zero-order valence-electron chi connectivity index (χ0n) is 18.1. The fourth-order valence-electron chi connectivity index (χ4n) is 3.68. The molecule has 0 amide bonds. The molecule has 0 spiro atoms. The highest BCUT2D eigenvalue weighted by molar-refractivity contribution is 5.82. The Morgan fingerprint density at radius 1 is 1.03 bits per heavy atom. The number of ether oxygens (including phenoxy) is 1. The van der Waals surface area contributed by atoms with Crippen molar-refractivity contribution in [1.29, 1.82) is 0 Å². The van der Waals surface area contributed by atoms with Gasteiger partial charge in [-0.25, -0.2) is 9.18 Å². The molecule has 2 heterocycles. The van der Waals surface area contributed by atoms with Gasteiger partial charge in [-0.15, -0.1) is 0 Å². The zero-order valence-corrected chi connectivity index (χ0v) is 18.1. The van der Waals surface area contributed by atoms with Gasteiger partial charge in [0.1, 0.15) is 11.6 Å². The molecule has 5 rings (SSSR count). The first-order valence-electron chi connectivity index (χ1n) is 10.6. The number of aromatic nitrogens is 4. The maximum Gasteiger partial charge on any atom is 0.329 e. The maximum absolute atomic E-state index is 14.0. The molecular weight excluding hydrogens is 439 g/mol. The van der Waals surface area contributed by atoms with Crippen molar-refractivity contribution in [2.45, 2.75) is 13.5 Å². The molecule has 5 aromatic rings. The number of halogens is 1. The third kappa shape index (κ3) is 3.99. The van der Waals surface area contributed by atoms with Crippen molar-refractivity contribution >= 4 is 10.9 Å². The maximum atomic E-state index is 14.0. The summed E-state index contributed by atoms with van der Waals surface area (Å²) in [5, 5.41) is 4.31. The first-order chi connectivity index (χ1) is 16.5. The van der Waals surface area contributed by atoms with Gasteiger partial charge in [-0.1, -0.05) is 35.5 Å². The largest absolute Gasteiger partial charge is 0.494 e. The quantitative estimate of drug-likeness (QED) is 0.413. The number of rotatable bonds is 6. The fraction of sp³-hybridized carbons (Fsp3) is 0.120. The van der Waals surface area contributed by atoms with Gasteiger partial charge in [-0.05, 0) is 43.3 Å². The third-order valence-corrected chi connectivity index (χ3v) is 5.34. The van der Waals surface area contributed by atoms with Gasteiger partial charge >= 0.3 is 5.69 Å². The van der Waals surface area contributed by atoms with Gasteiger partial charge in [0, 0.05) is 16.7 Å². The van der Waals surface area contributed by atoms with E-state index in [4.69, 9.17) is 9.26 Å². The van der Waals surface area contributed by atoms with Crippen LogP contribution in [0.1, 0.15) is 12.5 Å². The number of fused-ring (bicyclic) bond motifs is 1. The summed E-state index contributed by atoms with van der Waals surface area (Å²) in [5.74, 6) is 0.824. The molecule has 0 atom stereocenters. The van der Waals surface area contributed by atoms with Gasteiger partial charge < -0.3 is 14.2 Å². The lowest BCUT2D eigenvalue weighted by molar-refractivity contribution is 0.340. The van der Waals surface area contributed by atoms with E-state index in [2.05, 4.69) is 15.1 Å². The van der Waals surface area contributed by atoms with Gasteiger partial charge in [0.2, 0.25) is 5.82 Å². The van der Waals surface area contributed by atoms with E-state index in [9.17, 15) is 14.0 Å². The first-order valence-corrected chi connectivity index (χ1v) is 10.6. The Morgan fingerprint density at radius 3 is 2.71 bits per heavy atom. The van der Waals surface area contributed by atoms with Crippen LogP contribution < -0.4 is 16.0 Å². The molecule has 170 valence electrons. The summed E-state index contributed by atoms with van der Waals surface area (Å²) in [4.78, 5) is 32.7. The van der Waals surface area contributed by atoms with E-state index in [0.717, 1.165) is 10.1 Å². The Kier molecular flexibility index (Phi) is 5.51. The number of hydrogen-bond acceptors (Lipinski definition) is 6. The molecular formula is C25H19FN4O4. The molecule has 2 aromatic heterocycles. The standard InChI is InChI=1S/C25H19FN4O4/c1-2-33-18-8-5-7-15(12-18)22-28-23(34-29-22)16-10-11-19-21(13-16)27-25(32)30(24(19)31)14-17-6-3-4-9-20(17)26/h3-13H,2,14H2,1H3,(H,27,32). The Balaban J connectivity index is 1.50. The van der Waals surface area contributed by atoms with Crippen molar-refractivity contribution in [3.8, 4) is 28.6 Å². The van der Waals surface area contributed by atoms with Crippen LogP contribution in [-0.4, -0.2) is 26.3 Å². The summed E-state index contributed by atoms with van der Waals surface area (Å²) in [5.41, 5.74) is 0.665. The van der Waals surface area contributed by atoms with Crippen molar-refractivity contribution < 1.29 is 13.7 Å². The van der Waals surface area contributed by atoms with Crippen LogP contribution in [0.25, 0.3) is 33.7 Å². The smallest absolute Gasteiger partial charge is 0.329 e. The van der Waals surface area contributed by atoms with Crippen LogP contribution in [-0.2, 0) is 6.54 Å². The van der Waals surface area contributed by atoms with Crippen molar-refractivity contribution in [3.63, 3.8) is 0 Å². The average Bonchev–Trinajstić information content (AvgIpc) is 3.33. The van der Waals surface area contributed by atoms with Gasteiger partial charge in [0.05, 0.1) is 24.1 Å². The van der Waals surface area contributed by atoms with E-state index in [-0.39, 0.29) is 23.4 Å². The summed E-state index contributed by atoms with van der Waals surface area (Å²) in [7, 11) is 0. The SMILES string of the molecule is CCOc1cccc(-c2noc(-c3ccc4c(=O)n(Cc5ccccc5F)c(=O)[nH]c4c3)n2)c1. The molecule has 0 aliphatic carbocycles. The molecule has 3 aromatic carbocycles. The highest BCUT2D eigenvalue weighted by Crippen LogP contribution is 2.26. The number of aromatic amines is 1. The molecule has 1 N–H and O–H groups in total. The molecule has 0 aliphatic heterocycles. The Bertz CT molecular complexity index is 1620. The van der Waals surface area contributed by atoms with Crippen molar-refractivity contribution in [1.82, 2.24) is 19.7 Å². The van der Waals surface area contributed by atoms with E-state index < -0.39 is 17.1 Å². The first kappa shape index (κ1) is 21.3. The van der Waals surface area contributed by atoms with Gasteiger partial charge in [-0.2, -0.15) is 4.98 Å². The zero-order chi connectivity index (χ0) is 23.7. The Hall–Kier alpha value is -4.53. The minimum Gasteiger partial charge on any atom is -0.494 e. The van der Waals surface area contributed by atoms with Gasteiger partial charge in [0.25, 0.3) is 11.4 Å².